The van der Waals surface area contributed by atoms with E-state index >= 15 is 0 Å². The zero-order chi connectivity index (χ0) is 17.6. The van der Waals surface area contributed by atoms with Gasteiger partial charge >= 0.3 is 0 Å². The summed E-state index contributed by atoms with van der Waals surface area (Å²) in [6.45, 7) is 9.64. The number of hydrogen-bond donors (Lipinski definition) is 2. The Morgan fingerprint density at radius 3 is 2.37 bits per heavy atom. The van der Waals surface area contributed by atoms with Crippen molar-refractivity contribution in [1.82, 2.24) is 15.5 Å². The number of amides is 1. The quantitative estimate of drug-likeness (QED) is 0.728. The van der Waals surface area contributed by atoms with Gasteiger partial charge in [-0.1, -0.05) is 44.2 Å². The van der Waals surface area contributed by atoms with E-state index in [2.05, 4.69) is 53.6 Å². The molecular weight excluding hydrogens is 381 g/mol. The van der Waals surface area contributed by atoms with Crippen molar-refractivity contribution in [3.05, 3.63) is 70.3 Å². The average Bonchev–Trinajstić information content (AvgIpc) is 3.12. The highest BCUT2D eigenvalue weighted by Gasteiger charge is 2.14. The Labute approximate surface area is 174 Å². The van der Waals surface area contributed by atoms with E-state index in [1.54, 1.807) is 0 Å². The van der Waals surface area contributed by atoms with Gasteiger partial charge in [0.1, 0.15) is 0 Å². The SMILES string of the molecule is CCN(CC)Cc1ccccc1CNC(=O)c1ccc2c(c1)CNC2.Cl.Cl. The van der Waals surface area contributed by atoms with Crippen LogP contribution in [0.5, 0.6) is 0 Å². The number of fused-ring (bicyclic) bond motifs is 1. The van der Waals surface area contributed by atoms with Crippen LogP contribution in [0.1, 0.15) is 46.5 Å². The van der Waals surface area contributed by atoms with Gasteiger partial charge in [-0.2, -0.15) is 0 Å². The molecule has 0 aromatic heterocycles. The number of benzene rings is 2. The van der Waals surface area contributed by atoms with Crippen molar-refractivity contribution in [1.29, 1.82) is 0 Å². The van der Waals surface area contributed by atoms with Gasteiger partial charge in [0.25, 0.3) is 5.91 Å². The van der Waals surface area contributed by atoms with Crippen LogP contribution in [-0.2, 0) is 26.2 Å². The lowest BCUT2D eigenvalue weighted by atomic mass is 10.0. The average molecular weight is 410 g/mol. The molecule has 6 heteroatoms. The second-order valence-electron chi connectivity index (χ2n) is 6.50. The van der Waals surface area contributed by atoms with Gasteiger partial charge in [-0.15, -0.1) is 24.8 Å². The van der Waals surface area contributed by atoms with E-state index in [4.69, 9.17) is 0 Å². The smallest absolute Gasteiger partial charge is 0.251 e. The molecule has 2 N–H and O–H groups in total. The number of carbonyl (C=O) groups is 1. The monoisotopic (exact) mass is 409 g/mol. The number of nitrogens with zero attached hydrogens (tertiary/aromatic N) is 1. The first-order valence-corrected chi connectivity index (χ1v) is 9.11. The largest absolute Gasteiger partial charge is 0.348 e. The standard InChI is InChI=1S/C21H27N3O.2ClH/c1-3-24(4-2)15-19-8-6-5-7-17(19)14-23-21(25)16-9-10-18-12-22-13-20(18)11-16;;/h5-11,22H,3-4,12-15H2,1-2H3,(H,23,25);2*1H. The van der Waals surface area contributed by atoms with Crippen molar-refractivity contribution >= 4 is 30.7 Å². The first-order chi connectivity index (χ1) is 12.2. The third-order valence-corrected chi connectivity index (χ3v) is 4.95. The number of halogens is 2. The Balaban J connectivity index is 0.00000182. The minimum atomic E-state index is -0.00709. The van der Waals surface area contributed by atoms with E-state index < -0.39 is 0 Å². The number of carbonyl (C=O) groups excluding carboxylic acids is 1. The molecule has 0 saturated carbocycles. The van der Waals surface area contributed by atoms with Crippen LogP contribution in [0.3, 0.4) is 0 Å². The van der Waals surface area contributed by atoms with Gasteiger partial charge in [0.05, 0.1) is 0 Å². The topological polar surface area (TPSA) is 44.4 Å². The summed E-state index contributed by atoms with van der Waals surface area (Å²) < 4.78 is 0. The van der Waals surface area contributed by atoms with Crippen molar-refractivity contribution < 1.29 is 4.79 Å². The lowest BCUT2D eigenvalue weighted by Crippen LogP contribution is -2.26. The second-order valence-corrected chi connectivity index (χ2v) is 6.50. The summed E-state index contributed by atoms with van der Waals surface area (Å²) in [6.07, 6.45) is 0. The van der Waals surface area contributed by atoms with Crippen LogP contribution >= 0.6 is 24.8 Å². The van der Waals surface area contributed by atoms with Crippen LogP contribution in [0.15, 0.2) is 42.5 Å². The molecule has 27 heavy (non-hydrogen) atoms. The number of nitrogens with one attached hydrogen (secondary N) is 2. The summed E-state index contributed by atoms with van der Waals surface area (Å²) in [4.78, 5) is 14.9. The predicted octanol–water partition coefficient (Wildman–Crippen LogP) is 3.91. The Kier molecular flexibility index (Phi) is 9.81. The highest BCUT2D eigenvalue weighted by molar-refractivity contribution is 5.94. The second kappa shape index (κ2) is 11.3. The van der Waals surface area contributed by atoms with Crippen LogP contribution in [0.25, 0.3) is 0 Å². The van der Waals surface area contributed by atoms with Gasteiger partial charge in [0.15, 0.2) is 0 Å². The summed E-state index contributed by atoms with van der Waals surface area (Å²) in [5.74, 6) is -0.00709. The van der Waals surface area contributed by atoms with E-state index in [1.165, 1.54) is 22.3 Å². The van der Waals surface area contributed by atoms with Crippen LogP contribution in [0, 0.1) is 0 Å². The van der Waals surface area contributed by atoms with Crippen LogP contribution in [-0.4, -0.2) is 23.9 Å². The molecule has 0 fully saturated rings. The maximum atomic E-state index is 12.5. The molecule has 0 atom stereocenters. The van der Waals surface area contributed by atoms with E-state index in [9.17, 15) is 4.79 Å². The van der Waals surface area contributed by atoms with Crippen molar-refractivity contribution in [2.45, 2.75) is 40.0 Å². The van der Waals surface area contributed by atoms with Crippen molar-refractivity contribution in [3.8, 4) is 0 Å². The molecule has 0 unspecified atom stereocenters. The fraction of sp³-hybridized carbons (Fsp3) is 0.381. The van der Waals surface area contributed by atoms with Gasteiger partial charge in [-0.25, -0.2) is 0 Å². The number of hydrogen-bond acceptors (Lipinski definition) is 3. The highest BCUT2D eigenvalue weighted by atomic mass is 35.5. The van der Waals surface area contributed by atoms with E-state index in [-0.39, 0.29) is 30.7 Å². The van der Waals surface area contributed by atoms with Crippen LogP contribution in [0.4, 0.5) is 0 Å². The van der Waals surface area contributed by atoms with Crippen molar-refractivity contribution in [2.24, 2.45) is 0 Å². The third-order valence-electron chi connectivity index (χ3n) is 4.95. The molecule has 1 aliphatic heterocycles. The molecular formula is C21H29Cl2N3O. The van der Waals surface area contributed by atoms with Gasteiger partial charge in [0.2, 0.25) is 0 Å². The summed E-state index contributed by atoms with van der Waals surface area (Å²) in [6, 6.07) is 14.3. The fourth-order valence-electron chi connectivity index (χ4n) is 3.29. The van der Waals surface area contributed by atoms with E-state index in [1.807, 2.05) is 18.2 Å². The summed E-state index contributed by atoms with van der Waals surface area (Å²) >= 11 is 0. The normalized spacial score (nSPS) is 12.1. The maximum Gasteiger partial charge on any atom is 0.251 e. The van der Waals surface area contributed by atoms with E-state index in [0.717, 1.165) is 38.3 Å². The minimum Gasteiger partial charge on any atom is -0.348 e. The molecule has 4 nitrogen and oxygen atoms in total. The maximum absolute atomic E-state index is 12.5. The first kappa shape index (κ1) is 23.4. The van der Waals surface area contributed by atoms with Gasteiger partial charge in [-0.05, 0) is 47.5 Å². The zero-order valence-electron chi connectivity index (χ0n) is 16.0. The molecule has 2 aromatic carbocycles. The lowest BCUT2D eigenvalue weighted by molar-refractivity contribution is 0.0950. The molecule has 0 spiro atoms. The molecule has 0 radical (unpaired) electrons. The first-order valence-electron chi connectivity index (χ1n) is 9.11. The molecule has 0 aliphatic carbocycles. The Morgan fingerprint density at radius 2 is 1.67 bits per heavy atom. The highest BCUT2D eigenvalue weighted by Crippen LogP contribution is 2.17. The Morgan fingerprint density at radius 1 is 1.00 bits per heavy atom. The molecule has 1 amide bonds. The van der Waals surface area contributed by atoms with Crippen LogP contribution < -0.4 is 10.6 Å². The summed E-state index contributed by atoms with van der Waals surface area (Å²) in [5, 5.41) is 6.39. The van der Waals surface area contributed by atoms with E-state index in [0.29, 0.717) is 6.54 Å². The number of rotatable bonds is 7. The fourth-order valence-corrected chi connectivity index (χ4v) is 3.29. The minimum absolute atomic E-state index is 0. The Hall–Kier alpha value is -1.59. The molecule has 0 bridgehead atoms. The zero-order valence-corrected chi connectivity index (χ0v) is 17.6. The molecule has 3 rings (SSSR count). The lowest BCUT2D eigenvalue weighted by Gasteiger charge is -2.20. The molecule has 2 aromatic rings. The predicted molar refractivity (Wildman–Crippen MR) is 116 cm³/mol. The summed E-state index contributed by atoms with van der Waals surface area (Å²) in [7, 11) is 0. The van der Waals surface area contributed by atoms with Gasteiger partial charge < -0.3 is 10.6 Å². The molecule has 0 saturated heterocycles. The summed E-state index contributed by atoms with van der Waals surface area (Å²) in [5.41, 5.74) is 5.73. The Bertz CT molecular complexity index is 748. The molecule has 1 heterocycles. The van der Waals surface area contributed by atoms with Gasteiger partial charge in [0, 0.05) is 31.7 Å². The van der Waals surface area contributed by atoms with Crippen LogP contribution in [0.2, 0.25) is 0 Å². The molecule has 148 valence electrons. The molecule has 1 aliphatic rings. The van der Waals surface area contributed by atoms with Crippen molar-refractivity contribution in [3.63, 3.8) is 0 Å². The van der Waals surface area contributed by atoms with Gasteiger partial charge in [-0.3, -0.25) is 9.69 Å². The third kappa shape index (κ3) is 5.94. The van der Waals surface area contributed by atoms with Crippen molar-refractivity contribution in [2.75, 3.05) is 13.1 Å².